The van der Waals surface area contributed by atoms with Gasteiger partial charge in [0.1, 0.15) is 30.5 Å². The van der Waals surface area contributed by atoms with Gasteiger partial charge in [0, 0.05) is 37.3 Å². The van der Waals surface area contributed by atoms with Crippen LogP contribution in [0.3, 0.4) is 0 Å². The first-order chi connectivity index (χ1) is 33.8. The summed E-state index contributed by atoms with van der Waals surface area (Å²) in [5.41, 5.74) is 2.47. The molecule has 5 aromatic rings. The van der Waals surface area contributed by atoms with Crippen LogP contribution in [0.25, 0.3) is 0 Å². The van der Waals surface area contributed by atoms with E-state index in [4.69, 9.17) is 37.6 Å². The number of hydrogen-bond donors (Lipinski definition) is 1. The van der Waals surface area contributed by atoms with E-state index in [1.165, 1.54) is 19.1 Å². The molecule has 0 aliphatic carbocycles. The molecule has 0 aromatic heterocycles. The molecule has 1 N–H and O–H groups in total. The van der Waals surface area contributed by atoms with Crippen molar-refractivity contribution in [1.29, 1.82) is 0 Å². The predicted octanol–water partition coefficient (Wildman–Crippen LogP) is 7.93. The minimum atomic E-state index is -3.36. The summed E-state index contributed by atoms with van der Waals surface area (Å²) in [5.74, 6) is 1.02. The van der Waals surface area contributed by atoms with Gasteiger partial charge in [-0.05, 0) is 81.5 Å². The van der Waals surface area contributed by atoms with Crippen molar-refractivity contribution in [2.75, 3.05) is 41.5 Å². The topological polar surface area (TPSA) is 159 Å². The Bertz CT molecular complexity index is 2600. The van der Waals surface area contributed by atoms with E-state index in [1.54, 1.807) is 40.9 Å². The Labute approximate surface area is 433 Å². The fraction of sp³-hybridized carbons (Fsp3) is 0.400. The molecule has 1 aliphatic heterocycles. The molecule has 2 amide bonds. The molecular formula is C55H67IN3O11Si-. The highest BCUT2D eigenvalue weighted by Gasteiger charge is 2.52. The third-order valence-corrected chi connectivity index (χ3v) is 18.5. The van der Waals surface area contributed by atoms with E-state index in [1.807, 2.05) is 86.6 Å². The van der Waals surface area contributed by atoms with Crippen molar-refractivity contribution in [2.24, 2.45) is 4.99 Å². The molecule has 3 atom stereocenters. The van der Waals surface area contributed by atoms with Crippen molar-refractivity contribution < 1.29 is 52.3 Å². The summed E-state index contributed by atoms with van der Waals surface area (Å²) in [6.07, 6.45) is -1.05. The Morgan fingerprint density at radius 3 is 2.00 bits per heavy atom. The van der Waals surface area contributed by atoms with Gasteiger partial charge in [-0.3, -0.25) is 14.6 Å². The van der Waals surface area contributed by atoms with E-state index in [0.29, 0.717) is 49.0 Å². The van der Waals surface area contributed by atoms with Crippen molar-refractivity contribution in [1.82, 2.24) is 10.2 Å². The summed E-state index contributed by atoms with van der Waals surface area (Å²) in [7, 11) is 1.25. The standard InChI is InChI=1S/C55H68IN3O11Si/c1-35-28-39(46(56)50(47(35)64-12)65-31-38-22-16-13-17-23-38)29-43(58-53(62)70-54(4,5)6)52(61)59(37(3)51(60)57-10)44(42-30-45(66-33-63-11)36(2)48-49(42)68-34-67-48)32-69-71(55(7,8)9,40-24-18-14-19-25-40)41-26-20-15-21-27-41/h13-28,30,37,43-44H,29,31-34H2,1-12H3,(H,57,60)(H,58,62)/p-1/t37?,43-,44-/m0/s1. The lowest BCUT2D eigenvalue weighted by atomic mass is 9.96. The molecule has 380 valence electrons. The molecule has 0 saturated heterocycles. The number of hydrogen-bond acceptors (Lipinski definition) is 12. The molecular weight excluding hydrogens is 1030 g/mol. The molecule has 16 heteroatoms. The number of amides is 2. The number of methoxy groups -OCH3 is 2. The highest BCUT2D eigenvalue weighted by molar-refractivity contribution is 14.1. The van der Waals surface area contributed by atoms with Crippen LogP contribution >= 0.6 is 22.6 Å². The molecule has 5 aromatic carbocycles. The molecule has 1 unspecified atom stereocenters. The lowest BCUT2D eigenvalue weighted by Crippen LogP contribution is -2.67. The average molecular weight is 1100 g/mol. The lowest BCUT2D eigenvalue weighted by molar-refractivity contribution is -0.261. The Morgan fingerprint density at radius 2 is 1.45 bits per heavy atom. The summed E-state index contributed by atoms with van der Waals surface area (Å²) in [6, 6.07) is 29.9. The Balaban J connectivity index is 1.61. The average Bonchev–Trinajstić information content (AvgIpc) is 3.84. The molecule has 0 spiro atoms. The van der Waals surface area contributed by atoms with Gasteiger partial charge in [0.15, 0.2) is 29.8 Å². The van der Waals surface area contributed by atoms with E-state index in [2.05, 4.69) is 77.9 Å². The number of nitrogens with zero attached hydrogens (tertiary/aromatic N) is 2. The van der Waals surface area contributed by atoms with Crippen molar-refractivity contribution in [2.45, 2.75) is 104 Å². The molecule has 0 saturated carbocycles. The first-order valence-corrected chi connectivity index (χ1v) is 26.5. The largest absolute Gasteiger partial charge is 0.595 e. The molecule has 1 aliphatic rings. The third kappa shape index (κ3) is 12.4. The second-order valence-electron chi connectivity index (χ2n) is 19.4. The van der Waals surface area contributed by atoms with Gasteiger partial charge in [-0.15, -0.1) is 0 Å². The molecule has 1 heterocycles. The van der Waals surface area contributed by atoms with Gasteiger partial charge < -0.3 is 52.9 Å². The second kappa shape index (κ2) is 23.6. The summed E-state index contributed by atoms with van der Waals surface area (Å²) in [6.45, 7) is 16.9. The highest BCUT2D eigenvalue weighted by Crippen LogP contribution is 2.48. The number of aliphatic imine (C=N–C) groups is 1. The molecule has 0 bridgehead atoms. The van der Waals surface area contributed by atoms with Crippen molar-refractivity contribution in [3.8, 4) is 28.7 Å². The zero-order chi connectivity index (χ0) is 51.7. The summed E-state index contributed by atoms with van der Waals surface area (Å²) in [4.78, 5) is 36.6. The number of benzene rings is 5. The minimum absolute atomic E-state index is 0.0890. The number of fused-ring (bicyclic) bond motifs is 1. The van der Waals surface area contributed by atoms with E-state index in [0.717, 1.165) is 21.5 Å². The number of likely N-dealkylation sites (N-methyl/N-ethyl adjacent to an activating group) is 1. The Kier molecular flexibility index (Phi) is 18.1. The zero-order valence-electron chi connectivity index (χ0n) is 42.8. The van der Waals surface area contributed by atoms with Gasteiger partial charge in [-0.2, -0.15) is 0 Å². The van der Waals surface area contributed by atoms with Crippen LogP contribution in [0, 0.1) is 17.4 Å². The van der Waals surface area contributed by atoms with Crippen LogP contribution in [0.1, 0.15) is 82.3 Å². The van der Waals surface area contributed by atoms with E-state index < -0.39 is 55.0 Å². The highest BCUT2D eigenvalue weighted by atomic mass is 127. The maximum atomic E-state index is 16.2. The number of halogens is 1. The predicted molar refractivity (Wildman–Crippen MR) is 283 cm³/mol. The van der Waals surface area contributed by atoms with Crippen LogP contribution in [-0.2, 0) is 36.5 Å². The fourth-order valence-corrected chi connectivity index (χ4v) is 14.4. The summed E-state index contributed by atoms with van der Waals surface area (Å²) in [5, 5.41) is 18.3. The van der Waals surface area contributed by atoms with Crippen LogP contribution in [0.5, 0.6) is 28.7 Å². The van der Waals surface area contributed by atoms with Crippen molar-refractivity contribution in [3.63, 3.8) is 0 Å². The number of carbonyl (C=O) groups excluding carboxylic acids is 2. The Morgan fingerprint density at radius 1 is 0.859 bits per heavy atom. The molecule has 0 fully saturated rings. The zero-order valence-corrected chi connectivity index (χ0v) is 46.0. The molecule has 6 rings (SSSR count). The van der Waals surface area contributed by atoms with Crippen molar-refractivity contribution in [3.05, 3.63) is 135 Å². The SMILES string of the molecule is CNC(=O)C(C)N(C(=O)[C@H](Cc1cc(C)c(OC)c(OCc2ccccc2)c1I)N=C([O-])OC(C)(C)C)[C@@H](CO[Si](c1ccccc1)(c1ccccc1)C(C)(C)C)c1cc(OCOC)c(C)c2c1OCO2. The number of ether oxygens (including phenoxy) is 7. The second-order valence-corrected chi connectivity index (χ2v) is 24.7. The number of aryl methyl sites for hydroxylation is 1. The third-order valence-electron chi connectivity index (χ3n) is 12.3. The van der Waals surface area contributed by atoms with Crippen LogP contribution < -0.4 is 44.5 Å². The van der Waals surface area contributed by atoms with Gasteiger partial charge in [0.2, 0.25) is 18.6 Å². The van der Waals surface area contributed by atoms with Crippen LogP contribution in [0.2, 0.25) is 5.04 Å². The van der Waals surface area contributed by atoms with Crippen LogP contribution in [-0.4, -0.2) is 90.3 Å². The quantitative estimate of drug-likeness (QED) is 0.0265. The number of rotatable bonds is 20. The summed E-state index contributed by atoms with van der Waals surface area (Å²) < 4.78 is 50.4. The maximum Gasteiger partial charge on any atom is 0.261 e. The maximum absolute atomic E-state index is 16.2. The van der Waals surface area contributed by atoms with E-state index in [-0.39, 0.29) is 33.2 Å². The molecule has 0 radical (unpaired) electrons. The van der Waals surface area contributed by atoms with Gasteiger partial charge in [-0.25, -0.2) is 0 Å². The monoisotopic (exact) mass is 1100 g/mol. The van der Waals surface area contributed by atoms with Crippen molar-refractivity contribution >= 4 is 59.2 Å². The van der Waals surface area contributed by atoms with E-state index in [9.17, 15) is 9.90 Å². The van der Waals surface area contributed by atoms with Gasteiger partial charge in [0.05, 0.1) is 23.3 Å². The summed E-state index contributed by atoms with van der Waals surface area (Å²) >= 11 is 2.19. The first kappa shape index (κ1) is 54.5. The molecule has 71 heavy (non-hydrogen) atoms. The van der Waals surface area contributed by atoms with Gasteiger partial charge >= 0.3 is 0 Å². The normalized spacial score (nSPS) is 14.0. The van der Waals surface area contributed by atoms with Gasteiger partial charge in [-0.1, -0.05) is 139 Å². The van der Waals surface area contributed by atoms with E-state index >= 15 is 4.79 Å². The van der Waals surface area contributed by atoms with Crippen LogP contribution in [0.15, 0.2) is 108 Å². The molecule has 14 nitrogen and oxygen atoms in total. The number of carbonyl (C=O) groups is 2. The van der Waals surface area contributed by atoms with Gasteiger partial charge in [0.25, 0.3) is 8.32 Å². The Hall–Kier alpha value is -5.82. The first-order valence-electron chi connectivity index (χ1n) is 23.6. The number of nitrogens with one attached hydrogen (secondary N) is 1. The fourth-order valence-electron chi connectivity index (χ4n) is 9.01. The lowest BCUT2D eigenvalue weighted by Gasteiger charge is -2.45. The van der Waals surface area contributed by atoms with Crippen LogP contribution in [0.4, 0.5) is 0 Å². The minimum Gasteiger partial charge on any atom is -0.595 e. The smallest absolute Gasteiger partial charge is 0.261 e.